The molecule has 0 radical (unpaired) electrons. The van der Waals surface area contributed by atoms with Gasteiger partial charge in [-0.2, -0.15) is 13.2 Å². The van der Waals surface area contributed by atoms with Crippen LogP contribution in [0.2, 0.25) is 5.02 Å². The van der Waals surface area contributed by atoms with E-state index in [1.165, 1.54) is 11.0 Å². The van der Waals surface area contributed by atoms with Gasteiger partial charge in [-0.25, -0.2) is 9.98 Å². The van der Waals surface area contributed by atoms with E-state index in [1.807, 2.05) is 0 Å². The second-order valence-corrected chi connectivity index (χ2v) is 9.34. The van der Waals surface area contributed by atoms with Gasteiger partial charge in [-0.15, -0.1) is 0 Å². The first-order valence-corrected chi connectivity index (χ1v) is 10.7. The number of benzene rings is 1. The summed E-state index contributed by atoms with van der Waals surface area (Å²) in [5.74, 6) is -0.150. The molecule has 0 spiro atoms. The molecule has 176 valence electrons. The summed E-state index contributed by atoms with van der Waals surface area (Å²) < 4.78 is 38.2. The third-order valence-electron chi connectivity index (χ3n) is 6.00. The van der Waals surface area contributed by atoms with Crippen molar-refractivity contribution in [3.8, 4) is 0 Å². The Labute approximate surface area is 193 Å². The molecule has 1 atom stereocenters. The van der Waals surface area contributed by atoms with Crippen molar-refractivity contribution in [3.63, 3.8) is 0 Å². The molecule has 1 aliphatic heterocycles. The van der Waals surface area contributed by atoms with Gasteiger partial charge in [0.15, 0.2) is 5.96 Å². The van der Waals surface area contributed by atoms with Crippen molar-refractivity contribution in [1.82, 2.24) is 9.88 Å². The lowest BCUT2D eigenvalue weighted by atomic mass is 9.75. The fraction of sp³-hybridized carbons (Fsp3) is 0.409. The van der Waals surface area contributed by atoms with Crippen LogP contribution >= 0.6 is 11.6 Å². The van der Waals surface area contributed by atoms with Crippen molar-refractivity contribution in [2.45, 2.75) is 56.5 Å². The molecule has 7 nitrogen and oxygen atoms in total. The molecule has 1 aromatic heterocycles. The summed E-state index contributed by atoms with van der Waals surface area (Å²) in [4.78, 5) is 22.4. The monoisotopic (exact) mass is 481 g/mol. The van der Waals surface area contributed by atoms with Crippen LogP contribution in [0.4, 0.5) is 24.5 Å². The second-order valence-electron chi connectivity index (χ2n) is 8.97. The largest absolute Gasteiger partial charge is 0.433 e. The molecule has 0 bridgehead atoms. The van der Waals surface area contributed by atoms with E-state index in [-0.39, 0.29) is 29.4 Å². The van der Waals surface area contributed by atoms with Crippen molar-refractivity contribution < 1.29 is 23.1 Å². The highest BCUT2D eigenvalue weighted by molar-refractivity contribution is 6.34. The van der Waals surface area contributed by atoms with Crippen LogP contribution in [-0.4, -0.2) is 38.5 Å². The fourth-order valence-corrected chi connectivity index (χ4v) is 4.75. The number of carbonyl (C=O) groups is 1. The van der Waals surface area contributed by atoms with E-state index >= 15 is 0 Å². The van der Waals surface area contributed by atoms with Crippen molar-refractivity contribution in [2.75, 3.05) is 5.32 Å². The highest BCUT2D eigenvalue weighted by Crippen LogP contribution is 2.43. The number of anilines is 2. The summed E-state index contributed by atoms with van der Waals surface area (Å²) in [5.41, 5.74) is 4.60. The Morgan fingerprint density at radius 3 is 2.48 bits per heavy atom. The van der Waals surface area contributed by atoms with E-state index in [4.69, 9.17) is 17.3 Å². The summed E-state index contributed by atoms with van der Waals surface area (Å²) in [6.07, 6.45) is -2.59. The van der Waals surface area contributed by atoms with Crippen molar-refractivity contribution in [2.24, 2.45) is 10.7 Å². The van der Waals surface area contributed by atoms with Gasteiger partial charge >= 0.3 is 6.18 Å². The summed E-state index contributed by atoms with van der Waals surface area (Å²) in [5, 5.41) is 13.2. The van der Waals surface area contributed by atoms with E-state index in [0.717, 1.165) is 12.3 Å². The molecule has 4 rings (SSSR count). The topological polar surface area (TPSA) is 104 Å². The Hall–Kier alpha value is -2.85. The molecule has 11 heteroatoms. The zero-order valence-corrected chi connectivity index (χ0v) is 18.7. The number of aliphatic hydroxyl groups is 1. The maximum Gasteiger partial charge on any atom is 0.433 e. The van der Waals surface area contributed by atoms with Gasteiger partial charge < -0.3 is 16.2 Å². The third kappa shape index (κ3) is 4.49. The van der Waals surface area contributed by atoms with Gasteiger partial charge in [-0.05, 0) is 44.9 Å². The molecule has 2 heterocycles. The van der Waals surface area contributed by atoms with Crippen LogP contribution in [0.3, 0.4) is 0 Å². The number of alkyl halides is 3. The summed E-state index contributed by atoms with van der Waals surface area (Å²) in [7, 11) is 0. The summed E-state index contributed by atoms with van der Waals surface area (Å²) in [6.45, 7) is 3.45. The lowest BCUT2D eigenvalue weighted by molar-refractivity contribution is -0.141. The molecule has 1 saturated carbocycles. The van der Waals surface area contributed by atoms with Crippen LogP contribution in [0.25, 0.3) is 0 Å². The van der Waals surface area contributed by atoms with Crippen LogP contribution < -0.4 is 11.1 Å². The number of nitrogens with one attached hydrogen (secondary N) is 1. The molecular weight excluding hydrogens is 459 g/mol. The lowest BCUT2D eigenvalue weighted by Crippen LogP contribution is -2.61. The van der Waals surface area contributed by atoms with Crippen LogP contribution in [0, 0.1) is 0 Å². The van der Waals surface area contributed by atoms with Gasteiger partial charge in [0, 0.05) is 11.6 Å². The van der Waals surface area contributed by atoms with E-state index in [9.17, 15) is 23.1 Å². The molecule has 4 N–H and O–H groups in total. The van der Waals surface area contributed by atoms with Gasteiger partial charge in [-0.3, -0.25) is 9.69 Å². The minimum atomic E-state index is -4.53. The second kappa shape index (κ2) is 7.88. The number of pyridine rings is 1. The predicted molar refractivity (Wildman–Crippen MR) is 118 cm³/mol. The molecule has 1 aromatic carbocycles. The van der Waals surface area contributed by atoms with Gasteiger partial charge in [0.1, 0.15) is 5.69 Å². The number of nitrogens with zero attached hydrogens (tertiary/aromatic N) is 3. The minimum absolute atomic E-state index is 0.0252. The molecule has 2 aromatic rings. The van der Waals surface area contributed by atoms with Gasteiger partial charge in [0.2, 0.25) is 5.91 Å². The van der Waals surface area contributed by atoms with Crippen LogP contribution in [0.5, 0.6) is 0 Å². The quantitative estimate of drug-likeness (QED) is 0.608. The van der Waals surface area contributed by atoms with Gasteiger partial charge in [0.05, 0.1) is 40.2 Å². The molecule has 2 aliphatic rings. The number of aliphatic imine (C=N–C) groups is 1. The fourth-order valence-electron chi connectivity index (χ4n) is 4.37. The number of hydrogen-bond donors (Lipinski definition) is 3. The molecular formula is C22H23ClF3N5O2. The maximum atomic E-state index is 13.0. The standard InChI is InChI=1S/C22H23ClF3N5O2/c1-20(33)8-13(9-20)31-17(32)10-21(2,30-19(31)27)14-4-3-5-15(18(14)23)29-12-6-7-16(28-11-12)22(24,25)26/h3-7,11,13,29,33H,8-10H2,1-2H3,(H2,27,30)/t13?,20?,21-/m0/s1. The first-order chi connectivity index (χ1) is 15.3. The number of aromatic nitrogens is 1. The van der Waals surface area contributed by atoms with Gasteiger partial charge in [0.25, 0.3) is 0 Å². The Morgan fingerprint density at radius 2 is 1.94 bits per heavy atom. The first kappa shape index (κ1) is 23.3. The van der Waals surface area contributed by atoms with Crippen LogP contribution in [0.1, 0.15) is 44.4 Å². The average molecular weight is 482 g/mol. The van der Waals surface area contributed by atoms with Crippen molar-refractivity contribution >= 4 is 34.8 Å². The van der Waals surface area contributed by atoms with E-state index in [1.54, 1.807) is 32.0 Å². The van der Waals surface area contributed by atoms with E-state index < -0.39 is 23.0 Å². The molecule has 1 fully saturated rings. The predicted octanol–water partition coefficient (Wildman–Crippen LogP) is 4.17. The summed E-state index contributed by atoms with van der Waals surface area (Å²) in [6, 6.07) is 7.03. The highest BCUT2D eigenvalue weighted by Gasteiger charge is 2.48. The molecule has 0 saturated heterocycles. The van der Waals surface area contributed by atoms with Gasteiger partial charge in [-0.1, -0.05) is 23.7 Å². The normalized spacial score (nSPS) is 27.7. The molecule has 1 aliphatic carbocycles. The Kier molecular flexibility index (Phi) is 5.57. The Balaban J connectivity index is 1.59. The van der Waals surface area contributed by atoms with Crippen LogP contribution in [0.15, 0.2) is 41.5 Å². The van der Waals surface area contributed by atoms with E-state index in [0.29, 0.717) is 29.8 Å². The van der Waals surface area contributed by atoms with Crippen molar-refractivity contribution in [3.05, 3.63) is 52.8 Å². The number of carbonyl (C=O) groups excluding carboxylic acids is 1. The average Bonchev–Trinajstić information content (AvgIpc) is 2.67. The number of guanidine groups is 1. The Bertz CT molecular complexity index is 1110. The number of nitrogens with two attached hydrogens (primary N) is 1. The summed E-state index contributed by atoms with van der Waals surface area (Å²) >= 11 is 6.62. The Morgan fingerprint density at radius 1 is 1.24 bits per heavy atom. The van der Waals surface area contributed by atoms with E-state index in [2.05, 4.69) is 15.3 Å². The molecule has 33 heavy (non-hydrogen) atoms. The third-order valence-corrected chi connectivity index (χ3v) is 6.41. The number of amides is 1. The maximum absolute atomic E-state index is 13.0. The molecule has 1 amide bonds. The highest BCUT2D eigenvalue weighted by atomic mass is 35.5. The van der Waals surface area contributed by atoms with Crippen LogP contribution in [-0.2, 0) is 16.5 Å². The molecule has 0 unspecified atom stereocenters. The first-order valence-electron chi connectivity index (χ1n) is 10.3. The lowest BCUT2D eigenvalue weighted by Gasteiger charge is -2.48. The zero-order valence-electron chi connectivity index (χ0n) is 17.9. The number of rotatable bonds is 4. The SMILES string of the molecule is CC1(O)CC(N2C(=O)C[C@@](C)(c3cccc(Nc4ccc(C(F)(F)F)nc4)c3Cl)N=C2N)C1. The van der Waals surface area contributed by atoms with Crippen molar-refractivity contribution in [1.29, 1.82) is 0 Å². The smallest absolute Gasteiger partial charge is 0.390 e. The number of hydrogen-bond acceptors (Lipinski definition) is 6. The zero-order chi connectivity index (χ0) is 24.2. The minimum Gasteiger partial charge on any atom is -0.390 e. The number of halogens is 4.